The summed E-state index contributed by atoms with van der Waals surface area (Å²) in [5, 5.41) is 0. The first kappa shape index (κ1) is 21.2. The first-order valence-electron chi connectivity index (χ1n) is 9.89. The number of benzene rings is 2. The number of hydrogen-bond acceptors (Lipinski definition) is 0. The van der Waals surface area contributed by atoms with Gasteiger partial charge in [-0.3, -0.25) is 0 Å². The molecule has 0 aliphatic heterocycles. The summed E-state index contributed by atoms with van der Waals surface area (Å²) in [5.74, 6) is 0.761. The topological polar surface area (TPSA) is 0 Å². The summed E-state index contributed by atoms with van der Waals surface area (Å²) >= 11 is 0. The van der Waals surface area contributed by atoms with E-state index in [9.17, 15) is 0 Å². The molecule has 0 heterocycles. The zero-order valence-corrected chi connectivity index (χ0v) is 17.4. The van der Waals surface area contributed by atoms with Crippen molar-refractivity contribution in [3.05, 3.63) is 70.8 Å². The molecule has 1 fully saturated rings. The molecule has 0 radical (unpaired) electrons. The molecule has 3 rings (SSSR count). The van der Waals surface area contributed by atoms with Crippen LogP contribution < -0.4 is 0 Å². The van der Waals surface area contributed by atoms with E-state index in [1.165, 1.54) is 46.2 Å². The SMILES string of the molecule is C=C(C)Cc1cccc(-c2cc(C)cc(C)c2)c1C1CC1.CC.CC. The maximum absolute atomic E-state index is 4.10. The smallest absolute Gasteiger partial charge is 0.00695 e. The van der Waals surface area contributed by atoms with E-state index >= 15 is 0 Å². The van der Waals surface area contributed by atoms with E-state index in [2.05, 4.69) is 63.7 Å². The van der Waals surface area contributed by atoms with E-state index in [1.807, 2.05) is 27.7 Å². The summed E-state index contributed by atoms with van der Waals surface area (Å²) < 4.78 is 0. The van der Waals surface area contributed by atoms with Gasteiger partial charge in [0.2, 0.25) is 0 Å². The first-order chi connectivity index (χ1) is 12.0. The normalized spacial score (nSPS) is 12.4. The van der Waals surface area contributed by atoms with Crippen LogP contribution >= 0.6 is 0 Å². The van der Waals surface area contributed by atoms with Crippen LogP contribution in [0.1, 0.15) is 75.6 Å². The highest BCUT2D eigenvalue weighted by molar-refractivity contribution is 5.71. The molecule has 0 heteroatoms. The first-order valence-corrected chi connectivity index (χ1v) is 9.89. The van der Waals surface area contributed by atoms with Gasteiger partial charge in [0.05, 0.1) is 0 Å². The monoisotopic (exact) mass is 336 g/mol. The van der Waals surface area contributed by atoms with Crippen molar-refractivity contribution in [2.75, 3.05) is 0 Å². The predicted octanol–water partition coefficient (Wildman–Crippen LogP) is 8.02. The van der Waals surface area contributed by atoms with Gasteiger partial charge < -0.3 is 0 Å². The Labute approximate surface area is 156 Å². The van der Waals surface area contributed by atoms with Crippen LogP contribution in [-0.2, 0) is 6.42 Å². The summed E-state index contributed by atoms with van der Waals surface area (Å²) in [6, 6.07) is 13.7. The molecule has 0 unspecified atom stereocenters. The van der Waals surface area contributed by atoms with Crippen LogP contribution in [-0.4, -0.2) is 0 Å². The Hall–Kier alpha value is -1.82. The van der Waals surface area contributed by atoms with Gasteiger partial charge in [0.1, 0.15) is 0 Å². The molecule has 0 atom stereocenters. The van der Waals surface area contributed by atoms with E-state index < -0.39 is 0 Å². The summed E-state index contributed by atoms with van der Waals surface area (Å²) in [4.78, 5) is 0. The molecule has 1 saturated carbocycles. The summed E-state index contributed by atoms with van der Waals surface area (Å²) in [6.07, 6.45) is 3.68. The second kappa shape index (κ2) is 10.2. The van der Waals surface area contributed by atoms with E-state index in [0.29, 0.717) is 0 Å². The van der Waals surface area contributed by atoms with Crippen molar-refractivity contribution in [3.8, 4) is 11.1 Å². The second-order valence-electron chi connectivity index (χ2n) is 6.66. The fourth-order valence-electron chi connectivity index (χ4n) is 3.33. The Bertz CT molecular complexity index is 667. The molecule has 0 aromatic heterocycles. The van der Waals surface area contributed by atoms with Gasteiger partial charge in [-0.1, -0.05) is 87.4 Å². The van der Waals surface area contributed by atoms with Crippen LogP contribution in [0.4, 0.5) is 0 Å². The lowest BCUT2D eigenvalue weighted by Gasteiger charge is -2.16. The summed E-state index contributed by atoms with van der Waals surface area (Å²) in [7, 11) is 0. The van der Waals surface area contributed by atoms with Crippen molar-refractivity contribution in [3.63, 3.8) is 0 Å². The largest absolute Gasteiger partial charge is 0.0998 e. The van der Waals surface area contributed by atoms with Crippen LogP contribution in [0.25, 0.3) is 11.1 Å². The highest BCUT2D eigenvalue weighted by atomic mass is 14.3. The van der Waals surface area contributed by atoms with E-state index in [-0.39, 0.29) is 0 Å². The number of aryl methyl sites for hydroxylation is 2. The number of allylic oxidation sites excluding steroid dienone is 1. The quantitative estimate of drug-likeness (QED) is 0.496. The molecule has 25 heavy (non-hydrogen) atoms. The zero-order valence-electron chi connectivity index (χ0n) is 17.4. The second-order valence-corrected chi connectivity index (χ2v) is 6.66. The van der Waals surface area contributed by atoms with Gasteiger partial charge in [-0.2, -0.15) is 0 Å². The molecule has 0 saturated heterocycles. The molecule has 0 spiro atoms. The van der Waals surface area contributed by atoms with Crippen LogP contribution in [0.15, 0.2) is 48.6 Å². The van der Waals surface area contributed by atoms with Gasteiger partial charge in [-0.25, -0.2) is 0 Å². The fraction of sp³-hybridized carbons (Fsp3) is 0.440. The zero-order chi connectivity index (χ0) is 19.0. The van der Waals surface area contributed by atoms with Gasteiger partial charge >= 0.3 is 0 Å². The molecular weight excluding hydrogens is 300 g/mol. The Kier molecular flexibility index (Phi) is 8.69. The minimum atomic E-state index is 0.761. The molecule has 1 aliphatic carbocycles. The van der Waals surface area contributed by atoms with Gasteiger partial charge in [-0.05, 0) is 68.2 Å². The molecule has 0 bridgehead atoms. The Morgan fingerprint density at radius 3 is 2.00 bits per heavy atom. The molecule has 1 aliphatic rings. The van der Waals surface area contributed by atoms with Crippen LogP contribution in [0.3, 0.4) is 0 Å². The molecule has 2 aromatic rings. The van der Waals surface area contributed by atoms with Gasteiger partial charge in [0.15, 0.2) is 0 Å². The van der Waals surface area contributed by atoms with Gasteiger partial charge in [0.25, 0.3) is 0 Å². The maximum atomic E-state index is 4.10. The van der Waals surface area contributed by atoms with E-state index in [4.69, 9.17) is 0 Å². The van der Waals surface area contributed by atoms with Crippen molar-refractivity contribution in [1.29, 1.82) is 0 Å². The minimum absolute atomic E-state index is 0.761. The average Bonchev–Trinajstić information content (AvgIpc) is 3.42. The third-order valence-electron chi connectivity index (χ3n) is 4.21. The minimum Gasteiger partial charge on any atom is -0.0998 e. The predicted molar refractivity (Wildman–Crippen MR) is 115 cm³/mol. The third-order valence-corrected chi connectivity index (χ3v) is 4.21. The fourth-order valence-corrected chi connectivity index (χ4v) is 3.33. The van der Waals surface area contributed by atoms with Crippen LogP contribution in [0.2, 0.25) is 0 Å². The molecule has 0 nitrogen and oxygen atoms in total. The number of rotatable bonds is 4. The highest BCUT2D eigenvalue weighted by Crippen LogP contribution is 2.46. The molecular formula is C25H36. The van der Waals surface area contributed by atoms with Gasteiger partial charge in [-0.15, -0.1) is 0 Å². The standard InChI is InChI=1S/C21H24.2C2H6/c1-14(2)10-18-6-5-7-20(21(18)17-8-9-17)19-12-15(3)11-16(4)13-19;2*1-2/h5-7,11-13,17H,1,8-10H2,2-4H3;2*1-2H3. The van der Waals surface area contributed by atoms with Crippen molar-refractivity contribution in [2.45, 2.75) is 73.6 Å². The molecule has 2 aromatic carbocycles. The summed E-state index contributed by atoms with van der Waals surface area (Å²) in [6.45, 7) is 18.6. The number of hydrogen-bond donors (Lipinski definition) is 0. The van der Waals surface area contributed by atoms with Crippen molar-refractivity contribution in [1.82, 2.24) is 0 Å². The lowest BCUT2D eigenvalue weighted by molar-refractivity contribution is 1.04. The van der Waals surface area contributed by atoms with E-state index in [0.717, 1.165) is 12.3 Å². The molecule has 136 valence electrons. The van der Waals surface area contributed by atoms with Crippen molar-refractivity contribution in [2.24, 2.45) is 0 Å². The maximum Gasteiger partial charge on any atom is -0.00695 e. The average molecular weight is 337 g/mol. The van der Waals surface area contributed by atoms with Crippen molar-refractivity contribution < 1.29 is 0 Å². The Balaban J connectivity index is 0.000000730. The lowest BCUT2D eigenvalue weighted by atomic mass is 9.89. The molecule has 0 amide bonds. The van der Waals surface area contributed by atoms with Crippen LogP contribution in [0.5, 0.6) is 0 Å². The lowest BCUT2D eigenvalue weighted by Crippen LogP contribution is -1.97. The summed E-state index contributed by atoms with van der Waals surface area (Å²) in [5.41, 5.74) is 9.79. The van der Waals surface area contributed by atoms with Gasteiger partial charge in [0, 0.05) is 0 Å². The molecule has 0 N–H and O–H groups in total. The van der Waals surface area contributed by atoms with Crippen LogP contribution in [0, 0.1) is 13.8 Å². The highest BCUT2D eigenvalue weighted by Gasteiger charge is 2.28. The third kappa shape index (κ3) is 5.88. The Morgan fingerprint density at radius 1 is 0.960 bits per heavy atom. The van der Waals surface area contributed by atoms with E-state index in [1.54, 1.807) is 5.56 Å². The Morgan fingerprint density at radius 2 is 1.52 bits per heavy atom. The van der Waals surface area contributed by atoms with Crippen molar-refractivity contribution >= 4 is 0 Å².